The van der Waals surface area contributed by atoms with Crippen LogP contribution >= 0.6 is 11.6 Å². The van der Waals surface area contributed by atoms with Crippen LogP contribution in [0.4, 0.5) is 0 Å². The Balaban J connectivity index is 2.92. The Labute approximate surface area is 80.5 Å². The number of hydrogen-bond donors (Lipinski definition) is 2. The Morgan fingerprint density at radius 1 is 1.77 bits per heavy atom. The number of hydrazine groups is 1. The molecule has 0 spiro atoms. The molecule has 0 aromatic heterocycles. The summed E-state index contributed by atoms with van der Waals surface area (Å²) in [7, 11) is 1.27. The second-order valence-corrected chi connectivity index (χ2v) is 2.92. The van der Waals surface area contributed by atoms with Gasteiger partial charge in [-0.1, -0.05) is 11.6 Å². The number of ether oxygens (including phenoxy) is 1. The Kier molecular flexibility index (Phi) is 2.79. The minimum absolute atomic E-state index is 0.210. The Morgan fingerprint density at radius 3 is 2.92 bits per heavy atom. The van der Waals surface area contributed by atoms with E-state index in [1.807, 2.05) is 0 Å². The van der Waals surface area contributed by atoms with E-state index in [4.69, 9.17) is 23.2 Å². The zero-order valence-electron chi connectivity index (χ0n) is 7.03. The van der Waals surface area contributed by atoms with Crippen molar-refractivity contribution in [2.24, 2.45) is 11.6 Å². The van der Waals surface area contributed by atoms with Crippen molar-refractivity contribution < 1.29 is 9.53 Å². The van der Waals surface area contributed by atoms with Gasteiger partial charge in [-0.2, -0.15) is 0 Å². The molecule has 1 rings (SSSR count). The van der Waals surface area contributed by atoms with Crippen LogP contribution in [0.2, 0.25) is 0 Å². The van der Waals surface area contributed by atoms with Crippen molar-refractivity contribution in [1.82, 2.24) is 5.01 Å². The normalized spacial score (nSPS) is 22.1. The van der Waals surface area contributed by atoms with Gasteiger partial charge in [0.25, 0.3) is 0 Å². The molecule has 0 aromatic carbocycles. The minimum Gasteiger partial charge on any atom is -0.465 e. The van der Waals surface area contributed by atoms with E-state index < -0.39 is 11.5 Å². The van der Waals surface area contributed by atoms with Crippen LogP contribution in [0.1, 0.15) is 0 Å². The number of methoxy groups -OCH3 is 1. The molecule has 0 bridgehead atoms. The van der Waals surface area contributed by atoms with Crippen LogP contribution in [0.3, 0.4) is 0 Å². The summed E-state index contributed by atoms with van der Waals surface area (Å²) in [5.41, 5.74) is 5.48. The fourth-order valence-electron chi connectivity index (χ4n) is 0.899. The first-order chi connectivity index (χ1) is 6.06. The van der Waals surface area contributed by atoms with E-state index in [1.165, 1.54) is 24.4 Å². The van der Waals surface area contributed by atoms with Crippen LogP contribution in [-0.4, -0.2) is 23.6 Å². The molecule has 13 heavy (non-hydrogen) atoms. The van der Waals surface area contributed by atoms with E-state index in [0.717, 1.165) is 0 Å². The number of nitrogens with two attached hydrogens (primary N) is 2. The van der Waals surface area contributed by atoms with Gasteiger partial charge in [-0.15, -0.1) is 0 Å². The molecule has 0 amide bonds. The summed E-state index contributed by atoms with van der Waals surface area (Å²) >= 11 is 5.72. The summed E-state index contributed by atoms with van der Waals surface area (Å²) in [6, 6.07) is 0. The van der Waals surface area contributed by atoms with Crippen LogP contribution in [0, 0.1) is 0 Å². The van der Waals surface area contributed by atoms with Gasteiger partial charge in [0.1, 0.15) is 5.50 Å². The van der Waals surface area contributed by atoms with Crippen molar-refractivity contribution in [3.8, 4) is 0 Å². The highest BCUT2D eigenvalue weighted by Crippen LogP contribution is 2.17. The van der Waals surface area contributed by atoms with Crippen molar-refractivity contribution in [2.75, 3.05) is 7.11 Å². The van der Waals surface area contributed by atoms with Crippen molar-refractivity contribution >= 4 is 17.6 Å². The molecule has 4 N–H and O–H groups in total. The monoisotopic (exact) mass is 203 g/mol. The zero-order chi connectivity index (χ0) is 10.0. The fourth-order valence-corrected chi connectivity index (χ4v) is 1.09. The SMILES string of the molecule is COC(=O)C1=CN(N)C(Cl)C=C1N. The highest BCUT2D eigenvalue weighted by atomic mass is 35.5. The van der Waals surface area contributed by atoms with E-state index in [0.29, 0.717) is 0 Å². The molecule has 1 atom stereocenters. The number of carbonyl (C=O) groups excluding carboxylic acids is 1. The molecular formula is C7H10ClN3O2. The van der Waals surface area contributed by atoms with Gasteiger partial charge in [0.2, 0.25) is 0 Å². The fraction of sp³-hybridized carbons (Fsp3) is 0.286. The number of halogens is 1. The average Bonchev–Trinajstić information content (AvgIpc) is 2.10. The average molecular weight is 204 g/mol. The van der Waals surface area contributed by atoms with E-state index >= 15 is 0 Å². The van der Waals surface area contributed by atoms with Crippen LogP contribution < -0.4 is 11.6 Å². The summed E-state index contributed by atoms with van der Waals surface area (Å²) < 4.78 is 4.49. The first kappa shape index (κ1) is 9.88. The van der Waals surface area contributed by atoms with E-state index in [2.05, 4.69) is 4.74 Å². The van der Waals surface area contributed by atoms with Gasteiger partial charge >= 0.3 is 5.97 Å². The number of nitrogens with zero attached hydrogens (tertiary/aromatic N) is 1. The molecule has 1 aliphatic heterocycles. The third kappa shape index (κ3) is 1.93. The molecule has 0 saturated heterocycles. The minimum atomic E-state index is -0.534. The molecule has 1 heterocycles. The molecule has 0 aromatic rings. The summed E-state index contributed by atoms with van der Waals surface area (Å²) in [4.78, 5) is 11.1. The Morgan fingerprint density at radius 2 is 2.38 bits per heavy atom. The summed E-state index contributed by atoms with van der Waals surface area (Å²) in [6.45, 7) is 0. The third-order valence-corrected chi connectivity index (χ3v) is 1.95. The lowest BCUT2D eigenvalue weighted by Crippen LogP contribution is -2.36. The van der Waals surface area contributed by atoms with Crippen LogP contribution in [0.25, 0.3) is 0 Å². The largest absolute Gasteiger partial charge is 0.465 e. The number of carbonyl (C=O) groups is 1. The molecule has 0 radical (unpaired) electrons. The molecular weight excluding hydrogens is 194 g/mol. The van der Waals surface area contributed by atoms with Crippen LogP contribution in [0.15, 0.2) is 23.5 Å². The van der Waals surface area contributed by atoms with Crippen molar-refractivity contribution in [3.63, 3.8) is 0 Å². The topological polar surface area (TPSA) is 81.6 Å². The standard InChI is InChI=1S/C7H10ClN3O2/c1-13-7(12)4-3-11(10)6(8)2-5(4)9/h2-3,6H,9-10H2,1H3. The van der Waals surface area contributed by atoms with Gasteiger partial charge in [0, 0.05) is 11.9 Å². The first-order valence-corrected chi connectivity index (χ1v) is 3.95. The maximum absolute atomic E-state index is 11.1. The lowest BCUT2D eigenvalue weighted by Gasteiger charge is -2.23. The second-order valence-electron chi connectivity index (χ2n) is 2.48. The maximum Gasteiger partial charge on any atom is 0.341 e. The van der Waals surface area contributed by atoms with Gasteiger partial charge in [-0.25, -0.2) is 10.6 Å². The molecule has 6 heteroatoms. The predicted molar refractivity (Wildman–Crippen MR) is 48.0 cm³/mol. The van der Waals surface area contributed by atoms with Gasteiger partial charge in [-0.05, 0) is 6.08 Å². The van der Waals surface area contributed by atoms with E-state index in [9.17, 15) is 4.79 Å². The van der Waals surface area contributed by atoms with Gasteiger partial charge in [0.05, 0.1) is 12.7 Å². The predicted octanol–water partition coefficient (Wildman–Crippen LogP) is -0.360. The van der Waals surface area contributed by atoms with Crippen molar-refractivity contribution in [1.29, 1.82) is 0 Å². The number of alkyl halides is 1. The number of esters is 1. The quantitative estimate of drug-likeness (QED) is 0.263. The molecule has 0 aliphatic carbocycles. The van der Waals surface area contributed by atoms with Gasteiger partial charge in [-0.3, -0.25) is 5.01 Å². The third-order valence-electron chi connectivity index (χ3n) is 1.60. The molecule has 1 unspecified atom stereocenters. The highest BCUT2D eigenvalue weighted by molar-refractivity contribution is 6.21. The summed E-state index contributed by atoms with van der Waals surface area (Å²) in [6.07, 6.45) is 2.81. The Hall–Kier alpha value is -1.20. The lowest BCUT2D eigenvalue weighted by atomic mass is 10.1. The van der Waals surface area contributed by atoms with E-state index in [1.54, 1.807) is 0 Å². The van der Waals surface area contributed by atoms with Gasteiger partial charge < -0.3 is 10.5 Å². The summed E-state index contributed by atoms with van der Waals surface area (Å²) in [5.74, 6) is 4.91. The molecule has 0 saturated carbocycles. The van der Waals surface area contributed by atoms with Gasteiger partial charge in [0.15, 0.2) is 0 Å². The molecule has 0 fully saturated rings. The number of hydrogen-bond acceptors (Lipinski definition) is 5. The van der Waals surface area contributed by atoms with Crippen LogP contribution in [0.5, 0.6) is 0 Å². The molecule has 72 valence electrons. The smallest absolute Gasteiger partial charge is 0.341 e. The molecule has 5 nitrogen and oxygen atoms in total. The zero-order valence-corrected chi connectivity index (χ0v) is 7.78. The first-order valence-electron chi connectivity index (χ1n) is 3.51. The van der Waals surface area contributed by atoms with E-state index in [-0.39, 0.29) is 11.3 Å². The summed E-state index contributed by atoms with van der Waals surface area (Å²) in [5, 5.41) is 1.17. The van der Waals surface area contributed by atoms with Crippen molar-refractivity contribution in [3.05, 3.63) is 23.5 Å². The maximum atomic E-state index is 11.1. The second kappa shape index (κ2) is 3.68. The number of rotatable bonds is 1. The highest BCUT2D eigenvalue weighted by Gasteiger charge is 2.21. The lowest BCUT2D eigenvalue weighted by molar-refractivity contribution is -0.135. The van der Waals surface area contributed by atoms with Crippen LogP contribution in [-0.2, 0) is 9.53 Å². The molecule has 1 aliphatic rings. The Bertz CT molecular complexity index is 287. The van der Waals surface area contributed by atoms with Crippen molar-refractivity contribution in [2.45, 2.75) is 5.50 Å².